The minimum absolute atomic E-state index is 0.167. The van der Waals surface area contributed by atoms with E-state index in [1.807, 2.05) is 24.8 Å². The Kier molecular flexibility index (Phi) is 5.25. The van der Waals surface area contributed by atoms with Gasteiger partial charge in [-0.25, -0.2) is 0 Å². The molecule has 0 aromatic heterocycles. The third-order valence-corrected chi connectivity index (χ3v) is 4.73. The highest BCUT2D eigenvalue weighted by Crippen LogP contribution is 2.26. The van der Waals surface area contributed by atoms with Gasteiger partial charge in [-0.1, -0.05) is 0 Å². The first kappa shape index (κ1) is 15.1. The molecule has 1 unspecified atom stereocenters. The standard InChI is InChI=1S/C14H21N3O2S/c1-3-15-14-5-4-13(17(18)19)8-12(14)9-16-6-7-20-10-11(16)2/h4-5,8,11,15H,3,6-7,9-10H2,1-2H3. The Balaban J connectivity index is 2.22. The Morgan fingerprint density at radius 3 is 3.00 bits per heavy atom. The molecule has 0 spiro atoms. The summed E-state index contributed by atoms with van der Waals surface area (Å²) in [6, 6.07) is 5.60. The summed E-state index contributed by atoms with van der Waals surface area (Å²) in [5, 5.41) is 14.2. The molecule has 1 saturated heterocycles. The van der Waals surface area contributed by atoms with Gasteiger partial charge in [0.1, 0.15) is 0 Å². The molecule has 1 heterocycles. The minimum atomic E-state index is -0.325. The van der Waals surface area contributed by atoms with Crippen LogP contribution < -0.4 is 5.32 Å². The van der Waals surface area contributed by atoms with Crippen LogP contribution in [0.2, 0.25) is 0 Å². The molecule has 20 heavy (non-hydrogen) atoms. The van der Waals surface area contributed by atoms with Gasteiger partial charge in [0.25, 0.3) is 5.69 Å². The lowest BCUT2D eigenvalue weighted by Gasteiger charge is -2.33. The number of nitrogens with zero attached hydrogens (tertiary/aromatic N) is 2. The second-order valence-corrected chi connectivity index (χ2v) is 6.17. The van der Waals surface area contributed by atoms with Crippen LogP contribution in [0, 0.1) is 10.1 Å². The van der Waals surface area contributed by atoms with E-state index in [1.54, 1.807) is 12.1 Å². The van der Waals surface area contributed by atoms with Gasteiger partial charge >= 0.3 is 0 Å². The van der Waals surface area contributed by atoms with Gasteiger partial charge in [0.05, 0.1) is 4.92 Å². The van der Waals surface area contributed by atoms with Gasteiger partial charge in [0, 0.05) is 55.0 Å². The van der Waals surface area contributed by atoms with Gasteiger partial charge in [0.2, 0.25) is 0 Å². The zero-order valence-electron chi connectivity index (χ0n) is 12.0. The van der Waals surface area contributed by atoms with Crippen molar-refractivity contribution in [2.75, 3.05) is 29.9 Å². The number of nitrogens with one attached hydrogen (secondary N) is 1. The van der Waals surface area contributed by atoms with Gasteiger partial charge in [-0.15, -0.1) is 0 Å². The Labute approximate surface area is 123 Å². The van der Waals surface area contributed by atoms with E-state index in [2.05, 4.69) is 17.1 Å². The summed E-state index contributed by atoms with van der Waals surface area (Å²) in [4.78, 5) is 13.0. The summed E-state index contributed by atoms with van der Waals surface area (Å²) in [5.41, 5.74) is 2.18. The number of nitro benzene ring substituents is 1. The van der Waals surface area contributed by atoms with Crippen molar-refractivity contribution in [3.63, 3.8) is 0 Å². The fourth-order valence-electron chi connectivity index (χ4n) is 2.40. The minimum Gasteiger partial charge on any atom is -0.385 e. The summed E-state index contributed by atoms with van der Waals surface area (Å²) in [5.74, 6) is 2.27. The topological polar surface area (TPSA) is 58.4 Å². The molecule has 2 rings (SSSR count). The molecule has 0 saturated carbocycles. The van der Waals surface area contributed by atoms with Crippen LogP contribution in [0.3, 0.4) is 0 Å². The van der Waals surface area contributed by atoms with Gasteiger partial charge in [-0.3, -0.25) is 15.0 Å². The van der Waals surface area contributed by atoms with Crippen molar-refractivity contribution < 1.29 is 4.92 Å². The summed E-state index contributed by atoms with van der Waals surface area (Å²) in [6.07, 6.45) is 0. The Morgan fingerprint density at radius 1 is 1.55 bits per heavy atom. The molecule has 5 nitrogen and oxygen atoms in total. The maximum atomic E-state index is 10.9. The van der Waals surface area contributed by atoms with Crippen molar-refractivity contribution in [1.29, 1.82) is 0 Å². The molecule has 1 aliphatic rings. The van der Waals surface area contributed by atoms with Gasteiger partial charge < -0.3 is 5.32 Å². The largest absolute Gasteiger partial charge is 0.385 e. The van der Waals surface area contributed by atoms with E-state index in [-0.39, 0.29) is 10.6 Å². The van der Waals surface area contributed by atoms with Crippen molar-refractivity contribution in [2.24, 2.45) is 0 Å². The van der Waals surface area contributed by atoms with Crippen LogP contribution in [0.1, 0.15) is 19.4 Å². The molecule has 1 atom stereocenters. The van der Waals surface area contributed by atoms with E-state index in [4.69, 9.17) is 0 Å². The normalized spacial score (nSPS) is 19.8. The van der Waals surface area contributed by atoms with Crippen LogP contribution in [0.15, 0.2) is 18.2 Å². The van der Waals surface area contributed by atoms with Crippen LogP contribution >= 0.6 is 11.8 Å². The second kappa shape index (κ2) is 6.95. The third kappa shape index (κ3) is 3.64. The quantitative estimate of drug-likeness (QED) is 0.668. The van der Waals surface area contributed by atoms with E-state index in [0.29, 0.717) is 6.04 Å². The summed E-state index contributed by atoms with van der Waals surface area (Å²) in [6.45, 7) is 6.88. The summed E-state index contributed by atoms with van der Waals surface area (Å²) < 4.78 is 0. The van der Waals surface area contributed by atoms with Crippen molar-refractivity contribution in [1.82, 2.24) is 4.90 Å². The lowest BCUT2D eigenvalue weighted by Crippen LogP contribution is -2.39. The zero-order valence-corrected chi connectivity index (χ0v) is 12.8. The lowest BCUT2D eigenvalue weighted by atomic mass is 10.1. The van der Waals surface area contributed by atoms with Crippen molar-refractivity contribution in [3.05, 3.63) is 33.9 Å². The molecule has 0 bridgehead atoms. The third-order valence-electron chi connectivity index (χ3n) is 3.55. The predicted octanol–water partition coefficient (Wildman–Crippen LogP) is 2.96. The van der Waals surface area contributed by atoms with Crippen LogP contribution in [-0.2, 0) is 6.54 Å². The van der Waals surface area contributed by atoms with Crippen LogP contribution in [0.5, 0.6) is 0 Å². The van der Waals surface area contributed by atoms with Crippen LogP contribution in [0.25, 0.3) is 0 Å². The molecule has 6 heteroatoms. The molecular weight excluding hydrogens is 274 g/mol. The number of anilines is 1. The van der Waals surface area contributed by atoms with E-state index in [9.17, 15) is 10.1 Å². The first-order valence-corrected chi connectivity index (χ1v) is 8.10. The number of hydrogen-bond donors (Lipinski definition) is 1. The average molecular weight is 295 g/mol. The summed E-state index contributed by atoms with van der Waals surface area (Å²) >= 11 is 1.97. The molecule has 0 radical (unpaired) electrons. The Hall–Kier alpha value is -1.27. The van der Waals surface area contributed by atoms with Crippen molar-refractivity contribution >= 4 is 23.1 Å². The first-order valence-electron chi connectivity index (χ1n) is 6.94. The number of rotatable bonds is 5. The monoisotopic (exact) mass is 295 g/mol. The smallest absolute Gasteiger partial charge is 0.269 e. The van der Waals surface area contributed by atoms with Crippen LogP contribution in [0.4, 0.5) is 11.4 Å². The number of non-ortho nitro benzene ring substituents is 1. The van der Waals surface area contributed by atoms with E-state index in [1.165, 1.54) is 0 Å². The van der Waals surface area contributed by atoms with E-state index in [0.717, 1.165) is 42.4 Å². The molecule has 1 fully saturated rings. The van der Waals surface area contributed by atoms with Crippen molar-refractivity contribution in [2.45, 2.75) is 26.4 Å². The lowest BCUT2D eigenvalue weighted by molar-refractivity contribution is -0.384. The number of nitro groups is 1. The SMILES string of the molecule is CCNc1ccc([N+](=O)[O-])cc1CN1CCSCC1C. The second-order valence-electron chi connectivity index (χ2n) is 5.02. The summed E-state index contributed by atoms with van der Waals surface area (Å²) in [7, 11) is 0. The first-order chi connectivity index (χ1) is 9.61. The highest BCUT2D eigenvalue weighted by Gasteiger charge is 2.20. The maximum Gasteiger partial charge on any atom is 0.269 e. The predicted molar refractivity (Wildman–Crippen MR) is 84.5 cm³/mol. The van der Waals surface area contributed by atoms with Crippen molar-refractivity contribution in [3.8, 4) is 0 Å². The highest BCUT2D eigenvalue weighted by atomic mass is 32.2. The van der Waals surface area contributed by atoms with Gasteiger partial charge in [0.15, 0.2) is 0 Å². The zero-order chi connectivity index (χ0) is 14.5. The molecule has 1 N–H and O–H groups in total. The molecule has 1 aromatic carbocycles. The average Bonchev–Trinajstić information content (AvgIpc) is 2.43. The number of hydrogen-bond acceptors (Lipinski definition) is 5. The fourth-order valence-corrected chi connectivity index (χ4v) is 3.48. The maximum absolute atomic E-state index is 10.9. The van der Waals surface area contributed by atoms with E-state index < -0.39 is 0 Å². The Bertz CT molecular complexity index is 481. The molecule has 110 valence electrons. The number of benzene rings is 1. The highest BCUT2D eigenvalue weighted by molar-refractivity contribution is 7.99. The van der Waals surface area contributed by atoms with Crippen LogP contribution in [-0.4, -0.2) is 40.5 Å². The Morgan fingerprint density at radius 2 is 2.35 bits per heavy atom. The van der Waals surface area contributed by atoms with Gasteiger partial charge in [-0.05, 0) is 25.5 Å². The molecule has 1 aliphatic heterocycles. The molecule has 0 aliphatic carbocycles. The fraction of sp³-hybridized carbons (Fsp3) is 0.571. The number of thioether (sulfide) groups is 1. The molecule has 0 amide bonds. The molecule has 1 aromatic rings. The van der Waals surface area contributed by atoms with E-state index >= 15 is 0 Å². The van der Waals surface area contributed by atoms with Gasteiger partial charge in [-0.2, -0.15) is 11.8 Å². The molecular formula is C14H21N3O2S.